The van der Waals surface area contributed by atoms with Gasteiger partial charge in [-0.25, -0.2) is 0 Å². The zero-order valence-electron chi connectivity index (χ0n) is 5.18. The molecule has 0 atom stereocenters. The van der Waals surface area contributed by atoms with Crippen LogP contribution in [0.4, 0.5) is 0 Å². The van der Waals surface area contributed by atoms with Crippen molar-refractivity contribution in [1.29, 1.82) is 0 Å². The normalized spacial score (nSPS) is 11.8. The van der Waals surface area contributed by atoms with Crippen molar-refractivity contribution in [3.05, 3.63) is 13.8 Å². The molecule has 0 spiro atoms. The van der Waals surface area contributed by atoms with E-state index in [4.69, 9.17) is 9.84 Å². The maximum atomic E-state index is 8.25. The van der Waals surface area contributed by atoms with Crippen LogP contribution in [0.3, 0.4) is 0 Å². The number of hydrogen-bond acceptors (Lipinski definition) is 2. The molecule has 0 bridgehead atoms. The summed E-state index contributed by atoms with van der Waals surface area (Å²) in [5, 5.41) is 8.25. The summed E-state index contributed by atoms with van der Waals surface area (Å²) < 4.78 is 4.91. The SMILES string of the molecule is [CH2+]C([CH2+])(C)OCCO. The highest BCUT2D eigenvalue weighted by Gasteiger charge is 2.26. The Labute approximate surface area is 50.5 Å². The highest BCUT2D eigenvalue weighted by atomic mass is 16.5. The van der Waals surface area contributed by atoms with Gasteiger partial charge < -0.3 is 5.11 Å². The number of ether oxygens (including phenoxy) is 1. The van der Waals surface area contributed by atoms with E-state index in [0.717, 1.165) is 0 Å². The van der Waals surface area contributed by atoms with Crippen molar-refractivity contribution in [3.8, 4) is 0 Å². The van der Waals surface area contributed by atoms with E-state index in [9.17, 15) is 0 Å². The Morgan fingerprint density at radius 1 is 1.62 bits per heavy atom. The molecule has 8 heavy (non-hydrogen) atoms. The van der Waals surface area contributed by atoms with Gasteiger partial charge in [0.15, 0.2) is 0 Å². The molecule has 0 aliphatic heterocycles. The summed E-state index contributed by atoms with van der Waals surface area (Å²) in [6, 6.07) is 0. The minimum atomic E-state index is -0.608. The van der Waals surface area contributed by atoms with Crippen molar-refractivity contribution >= 4 is 0 Å². The molecular formula is C6H12O2+2. The minimum absolute atomic E-state index is 0.0284. The van der Waals surface area contributed by atoms with Gasteiger partial charge >= 0.3 is 5.60 Å². The quantitative estimate of drug-likeness (QED) is 0.541. The average molecular weight is 116 g/mol. The lowest BCUT2D eigenvalue weighted by molar-refractivity contribution is 0.0144. The number of aliphatic hydroxyl groups excluding tert-OH is 1. The Balaban J connectivity index is 3.11. The van der Waals surface area contributed by atoms with Crippen LogP contribution in [0, 0.1) is 13.8 Å². The van der Waals surface area contributed by atoms with Gasteiger partial charge in [0, 0.05) is 0 Å². The summed E-state index contributed by atoms with van der Waals surface area (Å²) in [7, 11) is 0. The fraction of sp³-hybridized carbons (Fsp3) is 0.667. The van der Waals surface area contributed by atoms with Crippen LogP contribution in [-0.2, 0) is 4.74 Å². The highest BCUT2D eigenvalue weighted by Crippen LogP contribution is 2.03. The predicted molar refractivity (Wildman–Crippen MR) is 32.2 cm³/mol. The first-order chi connectivity index (χ1) is 3.56. The third kappa shape index (κ3) is 5.66. The first-order valence-electron chi connectivity index (χ1n) is 2.52. The van der Waals surface area contributed by atoms with Crippen molar-refractivity contribution < 1.29 is 9.84 Å². The van der Waals surface area contributed by atoms with Crippen molar-refractivity contribution in [1.82, 2.24) is 0 Å². The fourth-order valence-electron chi connectivity index (χ4n) is 0.292. The van der Waals surface area contributed by atoms with Crippen LogP contribution in [-0.4, -0.2) is 23.9 Å². The molecule has 0 amide bonds. The number of hydrogen-bond donors (Lipinski definition) is 1. The summed E-state index contributed by atoms with van der Waals surface area (Å²) in [5.74, 6) is 0. The second-order valence-electron chi connectivity index (χ2n) is 2.02. The zero-order valence-corrected chi connectivity index (χ0v) is 5.18. The summed E-state index contributed by atoms with van der Waals surface area (Å²) in [6.07, 6.45) is 0. The van der Waals surface area contributed by atoms with Crippen LogP contribution in [0.1, 0.15) is 6.92 Å². The van der Waals surface area contributed by atoms with E-state index < -0.39 is 5.60 Å². The van der Waals surface area contributed by atoms with Crippen molar-refractivity contribution in [2.75, 3.05) is 13.2 Å². The fourth-order valence-corrected chi connectivity index (χ4v) is 0.292. The van der Waals surface area contributed by atoms with E-state index >= 15 is 0 Å². The second-order valence-corrected chi connectivity index (χ2v) is 2.02. The van der Waals surface area contributed by atoms with Crippen LogP contribution in [0.2, 0.25) is 0 Å². The maximum Gasteiger partial charge on any atom is 0.332 e. The van der Waals surface area contributed by atoms with Crippen LogP contribution >= 0.6 is 0 Å². The summed E-state index contributed by atoms with van der Waals surface area (Å²) in [5.41, 5.74) is -0.608. The smallest absolute Gasteiger partial charge is 0.332 e. The lowest BCUT2D eigenvalue weighted by atomic mass is 10.2. The van der Waals surface area contributed by atoms with Crippen LogP contribution in [0.25, 0.3) is 0 Å². The standard InChI is InChI=1S/C6H12O2/c1-6(2,3)8-5-4-7/h7H,1-2,4-5H2,3H3/q+2. The van der Waals surface area contributed by atoms with Gasteiger partial charge in [-0.05, 0) is 0 Å². The lowest BCUT2D eigenvalue weighted by Gasteiger charge is -2.03. The highest BCUT2D eigenvalue weighted by molar-refractivity contribution is 4.79. The van der Waals surface area contributed by atoms with E-state index in [1.165, 1.54) is 0 Å². The first-order valence-corrected chi connectivity index (χ1v) is 2.52. The third-order valence-corrected chi connectivity index (χ3v) is 0.542. The van der Waals surface area contributed by atoms with E-state index in [2.05, 4.69) is 13.8 Å². The largest absolute Gasteiger partial charge is 0.394 e. The topological polar surface area (TPSA) is 29.5 Å². The van der Waals surface area contributed by atoms with Gasteiger partial charge in [0.2, 0.25) is 0 Å². The molecule has 0 fully saturated rings. The molecule has 0 saturated carbocycles. The van der Waals surface area contributed by atoms with E-state index in [0.29, 0.717) is 6.61 Å². The molecule has 0 heterocycles. The van der Waals surface area contributed by atoms with E-state index in [1.54, 1.807) is 6.92 Å². The van der Waals surface area contributed by atoms with E-state index in [1.807, 2.05) is 0 Å². The molecule has 0 aromatic heterocycles. The summed E-state index contributed by atoms with van der Waals surface area (Å²) in [6.45, 7) is 9.20. The number of aliphatic hydroxyl groups is 1. The molecule has 46 valence electrons. The summed E-state index contributed by atoms with van der Waals surface area (Å²) in [4.78, 5) is 0. The molecule has 2 nitrogen and oxygen atoms in total. The van der Waals surface area contributed by atoms with Gasteiger partial charge in [0.25, 0.3) is 0 Å². The molecule has 2 heteroatoms. The van der Waals surface area contributed by atoms with E-state index in [-0.39, 0.29) is 6.61 Å². The first kappa shape index (κ1) is 7.66. The summed E-state index contributed by atoms with van der Waals surface area (Å²) >= 11 is 0. The molecule has 0 aliphatic carbocycles. The zero-order chi connectivity index (χ0) is 6.62. The number of rotatable bonds is 3. The maximum absolute atomic E-state index is 8.25. The van der Waals surface area contributed by atoms with Crippen molar-refractivity contribution in [2.45, 2.75) is 12.5 Å². The second kappa shape index (κ2) is 2.84. The molecule has 0 unspecified atom stereocenters. The molecule has 0 radical (unpaired) electrons. The van der Waals surface area contributed by atoms with Gasteiger partial charge in [0.05, 0.1) is 20.1 Å². The molecule has 0 aromatic rings. The molecule has 1 N–H and O–H groups in total. The van der Waals surface area contributed by atoms with Gasteiger partial charge in [0.1, 0.15) is 13.8 Å². The van der Waals surface area contributed by atoms with Gasteiger partial charge in [-0.15, -0.1) is 0 Å². The monoisotopic (exact) mass is 116 g/mol. The Kier molecular flexibility index (Phi) is 2.72. The van der Waals surface area contributed by atoms with Crippen molar-refractivity contribution in [3.63, 3.8) is 0 Å². The predicted octanol–water partition coefficient (Wildman–Crippen LogP) is 0.422. The molecule has 0 aromatic carbocycles. The lowest BCUT2D eigenvalue weighted by Crippen LogP contribution is -2.21. The molecular weight excluding hydrogens is 104 g/mol. The average Bonchev–Trinajstić information content (AvgIpc) is 1.59. The molecule has 0 aliphatic rings. The Morgan fingerprint density at radius 3 is 2.25 bits per heavy atom. The van der Waals surface area contributed by atoms with Gasteiger partial charge in [-0.2, -0.15) is 0 Å². The minimum Gasteiger partial charge on any atom is -0.394 e. The third-order valence-electron chi connectivity index (χ3n) is 0.542. The van der Waals surface area contributed by atoms with Crippen molar-refractivity contribution in [2.24, 2.45) is 0 Å². The Bertz CT molecular complexity index is 54.0. The van der Waals surface area contributed by atoms with Crippen LogP contribution in [0.5, 0.6) is 0 Å². The van der Waals surface area contributed by atoms with Crippen LogP contribution < -0.4 is 0 Å². The van der Waals surface area contributed by atoms with Gasteiger partial charge in [-0.1, -0.05) is 0 Å². The molecule has 0 rings (SSSR count). The van der Waals surface area contributed by atoms with Crippen LogP contribution in [0.15, 0.2) is 0 Å². The molecule has 0 saturated heterocycles. The Hall–Kier alpha value is -0.340. The Morgan fingerprint density at radius 2 is 2.12 bits per heavy atom. The van der Waals surface area contributed by atoms with Gasteiger partial charge in [-0.3, -0.25) is 4.74 Å².